The Kier molecular flexibility index (Phi) is 4.19. The average Bonchev–Trinajstić information content (AvgIpc) is 2.93. The summed E-state index contributed by atoms with van der Waals surface area (Å²) in [5.41, 5.74) is 2.56. The van der Waals surface area contributed by atoms with E-state index in [-0.39, 0.29) is 11.4 Å². The fourth-order valence-electron chi connectivity index (χ4n) is 4.84. The predicted octanol–water partition coefficient (Wildman–Crippen LogP) is 3.11. The van der Waals surface area contributed by atoms with Crippen LogP contribution in [0.2, 0.25) is 0 Å². The third kappa shape index (κ3) is 2.89. The van der Waals surface area contributed by atoms with E-state index in [1.165, 1.54) is 30.5 Å². The second kappa shape index (κ2) is 6.34. The molecule has 0 aromatic carbocycles. The first-order chi connectivity index (χ1) is 11.7. The van der Waals surface area contributed by atoms with E-state index in [0.717, 1.165) is 57.4 Å². The van der Waals surface area contributed by atoms with Crippen LogP contribution in [0, 0.1) is 6.92 Å². The third-order valence-corrected chi connectivity index (χ3v) is 6.16. The number of carbonyl (C=O) groups excluding carboxylic acids is 1. The number of fused-ring (bicyclic) bond motifs is 2. The zero-order valence-corrected chi connectivity index (χ0v) is 14.7. The number of aromatic nitrogens is 2. The normalized spacial score (nSPS) is 27.3. The maximum atomic E-state index is 12.8. The Morgan fingerprint density at radius 1 is 1.25 bits per heavy atom. The molecule has 24 heavy (non-hydrogen) atoms. The quantitative estimate of drug-likeness (QED) is 0.862. The van der Waals surface area contributed by atoms with Gasteiger partial charge < -0.3 is 10.2 Å². The molecule has 2 heterocycles. The van der Waals surface area contributed by atoms with Gasteiger partial charge in [0, 0.05) is 30.7 Å². The van der Waals surface area contributed by atoms with Gasteiger partial charge in [-0.15, -0.1) is 0 Å². The number of likely N-dealkylation sites (tertiary alicyclic amines) is 1. The number of amides is 2. The molecule has 1 spiro atoms. The van der Waals surface area contributed by atoms with Crippen molar-refractivity contribution in [2.24, 2.45) is 0 Å². The Labute approximate surface area is 144 Å². The zero-order chi connectivity index (χ0) is 16.6. The first-order valence-corrected chi connectivity index (χ1v) is 9.55. The Bertz CT molecular complexity index is 622. The van der Waals surface area contributed by atoms with Crippen molar-refractivity contribution in [2.75, 3.05) is 13.1 Å². The summed E-state index contributed by atoms with van der Waals surface area (Å²) in [5.74, 6) is 0.846. The second-order valence-electron chi connectivity index (χ2n) is 7.88. The van der Waals surface area contributed by atoms with Crippen molar-refractivity contribution in [3.63, 3.8) is 0 Å². The largest absolute Gasteiger partial charge is 0.335 e. The molecule has 1 unspecified atom stereocenters. The molecule has 5 nitrogen and oxygen atoms in total. The number of aryl methyl sites for hydroxylation is 2. The van der Waals surface area contributed by atoms with Crippen molar-refractivity contribution in [3.8, 4) is 0 Å². The Morgan fingerprint density at radius 2 is 2.08 bits per heavy atom. The van der Waals surface area contributed by atoms with Crippen molar-refractivity contribution in [2.45, 2.75) is 76.2 Å². The highest BCUT2D eigenvalue weighted by Crippen LogP contribution is 2.43. The molecular formula is C19H28N4O. The van der Waals surface area contributed by atoms with E-state index < -0.39 is 0 Å². The molecule has 4 rings (SSSR count). The molecule has 1 saturated carbocycles. The smallest absolute Gasteiger partial charge is 0.317 e. The van der Waals surface area contributed by atoms with Gasteiger partial charge in [0.15, 0.2) is 0 Å². The van der Waals surface area contributed by atoms with Crippen LogP contribution in [0.25, 0.3) is 0 Å². The molecule has 1 N–H and O–H groups in total. The molecule has 2 amide bonds. The average molecular weight is 328 g/mol. The highest BCUT2D eigenvalue weighted by molar-refractivity contribution is 5.75. The monoisotopic (exact) mass is 328 g/mol. The van der Waals surface area contributed by atoms with Crippen molar-refractivity contribution >= 4 is 6.03 Å². The van der Waals surface area contributed by atoms with E-state index in [2.05, 4.69) is 10.3 Å². The fourth-order valence-corrected chi connectivity index (χ4v) is 4.84. The van der Waals surface area contributed by atoms with Gasteiger partial charge in [0.1, 0.15) is 5.82 Å². The first kappa shape index (κ1) is 15.9. The minimum atomic E-state index is 0.0607. The lowest BCUT2D eigenvalue weighted by Crippen LogP contribution is -2.53. The Morgan fingerprint density at radius 3 is 2.92 bits per heavy atom. The number of hydrogen-bond donors (Lipinski definition) is 1. The molecule has 0 bridgehead atoms. The maximum Gasteiger partial charge on any atom is 0.317 e. The van der Waals surface area contributed by atoms with E-state index in [1.54, 1.807) is 0 Å². The van der Waals surface area contributed by atoms with Crippen molar-refractivity contribution in [1.82, 2.24) is 20.2 Å². The first-order valence-electron chi connectivity index (χ1n) is 9.55. The topological polar surface area (TPSA) is 58.1 Å². The number of rotatable bonds is 1. The number of carbonyl (C=O) groups is 1. The van der Waals surface area contributed by atoms with Gasteiger partial charge in [-0.1, -0.05) is 19.3 Å². The standard InChI is InChI=1S/C19H28N4O/c1-14-20-12-15-8-10-19(17(15)21-14)9-5-11-23(13-19)18(24)22-16-6-3-2-4-7-16/h12,16H,2-11,13H2,1H3,(H,22,24). The fraction of sp³-hybridized carbons (Fsp3) is 0.737. The number of hydrogen-bond acceptors (Lipinski definition) is 3. The molecule has 5 heteroatoms. The van der Waals surface area contributed by atoms with Gasteiger partial charge in [-0.2, -0.15) is 0 Å². The molecule has 1 aromatic rings. The number of nitrogens with one attached hydrogen (secondary N) is 1. The summed E-state index contributed by atoms with van der Waals surface area (Å²) in [5, 5.41) is 3.28. The summed E-state index contributed by atoms with van der Waals surface area (Å²) in [6.07, 6.45) is 12.4. The van der Waals surface area contributed by atoms with E-state index in [0.29, 0.717) is 6.04 Å². The summed E-state index contributed by atoms with van der Waals surface area (Å²) < 4.78 is 0. The van der Waals surface area contributed by atoms with E-state index in [1.807, 2.05) is 18.0 Å². The van der Waals surface area contributed by atoms with Crippen molar-refractivity contribution in [1.29, 1.82) is 0 Å². The van der Waals surface area contributed by atoms with Gasteiger partial charge in [0.2, 0.25) is 0 Å². The van der Waals surface area contributed by atoms with Gasteiger partial charge in [0.05, 0.1) is 5.69 Å². The van der Waals surface area contributed by atoms with Crippen molar-refractivity contribution in [3.05, 3.63) is 23.3 Å². The summed E-state index contributed by atoms with van der Waals surface area (Å²) in [6.45, 7) is 3.65. The van der Waals surface area contributed by atoms with Gasteiger partial charge in [-0.25, -0.2) is 14.8 Å². The molecule has 1 atom stereocenters. The van der Waals surface area contributed by atoms with Gasteiger partial charge in [-0.05, 0) is 51.0 Å². The summed E-state index contributed by atoms with van der Waals surface area (Å²) in [6, 6.07) is 0.518. The van der Waals surface area contributed by atoms with Crippen LogP contribution in [0.5, 0.6) is 0 Å². The van der Waals surface area contributed by atoms with Crippen LogP contribution in [-0.2, 0) is 11.8 Å². The second-order valence-corrected chi connectivity index (χ2v) is 7.88. The van der Waals surface area contributed by atoms with Crippen LogP contribution in [-0.4, -0.2) is 40.0 Å². The molecule has 2 aliphatic carbocycles. The Balaban J connectivity index is 1.48. The lowest BCUT2D eigenvalue weighted by atomic mass is 9.77. The minimum absolute atomic E-state index is 0.0607. The van der Waals surface area contributed by atoms with Crippen LogP contribution in [0.1, 0.15) is 68.4 Å². The lowest BCUT2D eigenvalue weighted by Gasteiger charge is -2.41. The highest BCUT2D eigenvalue weighted by Gasteiger charge is 2.44. The Hall–Kier alpha value is -1.65. The highest BCUT2D eigenvalue weighted by atomic mass is 16.2. The molecule has 130 valence electrons. The van der Waals surface area contributed by atoms with Crippen LogP contribution in [0.15, 0.2) is 6.20 Å². The van der Waals surface area contributed by atoms with Crippen LogP contribution in [0.3, 0.4) is 0 Å². The summed E-state index contributed by atoms with van der Waals surface area (Å²) >= 11 is 0. The molecule has 1 saturated heterocycles. The van der Waals surface area contributed by atoms with Gasteiger partial charge in [-0.3, -0.25) is 0 Å². The maximum absolute atomic E-state index is 12.8. The lowest BCUT2D eigenvalue weighted by molar-refractivity contribution is 0.143. The predicted molar refractivity (Wildman–Crippen MR) is 93.0 cm³/mol. The summed E-state index contributed by atoms with van der Waals surface area (Å²) in [7, 11) is 0. The van der Waals surface area contributed by atoms with E-state index in [9.17, 15) is 4.79 Å². The molecule has 2 fully saturated rings. The van der Waals surface area contributed by atoms with Gasteiger partial charge >= 0.3 is 6.03 Å². The molecule has 0 radical (unpaired) electrons. The van der Waals surface area contributed by atoms with Crippen molar-refractivity contribution < 1.29 is 4.79 Å². The van der Waals surface area contributed by atoms with E-state index >= 15 is 0 Å². The third-order valence-electron chi connectivity index (χ3n) is 6.16. The zero-order valence-electron chi connectivity index (χ0n) is 14.7. The van der Waals surface area contributed by atoms with Crippen LogP contribution >= 0.6 is 0 Å². The van der Waals surface area contributed by atoms with Crippen LogP contribution in [0.4, 0.5) is 4.79 Å². The molecule has 1 aromatic heterocycles. The number of piperidine rings is 1. The summed E-state index contributed by atoms with van der Waals surface area (Å²) in [4.78, 5) is 23.9. The SMILES string of the molecule is Cc1ncc2c(n1)C1(CCCN(C(=O)NC3CCCCC3)C1)CC2. The molecular weight excluding hydrogens is 300 g/mol. The van der Waals surface area contributed by atoms with E-state index in [4.69, 9.17) is 4.98 Å². The number of nitrogens with zero attached hydrogens (tertiary/aromatic N) is 3. The molecule has 3 aliphatic rings. The molecule has 1 aliphatic heterocycles. The van der Waals surface area contributed by atoms with Crippen LogP contribution < -0.4 is 5.32 Å². The minimum Gasteiger partial charge on any atom is -0.335 e. The van der Waals surface area contributed by atoms with Gasteiger partial charge in [0.25, 0.3) is 0 Å². The number of urea groups is 1.